The van der Waals surface area contributed by atoms with Crippen LogP contribution in [0.2, 0.25) is 5.15 Å². The van der Waals surface area contributed by atoms with Gasteiger partial charge in [-0.1, -0.05) is 17.7 Å². The smallest absolute Gasteiger partial charge is 0.141 e. The molecule has 0 unspecified atom stereocenters. The predicted octanol–water partition coefficient (Wildman–Crippen LogP) is 1.33. The van der Waals surface area contributed by atoms with Crippen LogP contribution in [0, 0.1) is 12.3 Å². The molecule has 0 aromatic carbocycles. The van der Waals surface area contributed by atoms with Gasteiger partial charge in [0.15, 0.2) is 0 Å². The lowest BCUT2D eigenvalue weighted by Crippen LogP contribution is -2.13. The summed E-state index contributed by atoms with van der Waals surface area (Å²) in [4.78, 5) is 3.89. The summed E-state index contributed by atoms with van der Waals surface area (Å²) in [6.45, 7) is 1.85. The summed E-state index contributed by atoms with van der Waals surface area (Å²) in [5.41, 5.74) is 6.50. The van der Waals surface area contributed by atoms with Gasteiger partial charge < -0.3 is 5.73 Å². The van der Waals surface area contributed by atoms with E-state index in [0.29, 0.717) is 10.8 Å². The van der Waals surface area contributed by atoms with E-state index in [0.717, 1.165) is 5.56 Å². The Bertz CT molecular complexity index is 296. The largest absolute Gasteiger partial charge is 0.382 e. The van der Waals surface area contributed by atoms with E-state index in [1.165, 1.54) is 0 Å². The van der Waals surface area contributed by atoms with Gasteiger partial charge in [0.25, 0.3) is 0 Å². The molecule has 1 aromatic heterocycles. The SMILES string of the molecule is Cc1ccc(C(=N)N)nc1Cl. The number of aromatic nitrogens is 1. The summed E-state index contributed by atoms with van der Waals surface area (Å²) in [7, 11) is 0. The van der Waals surface area contributed by atoms with Gasteiger partial charge in [-0.05, 0) is 18.6 Å². The lowest BCUT2D eigenvalue weighted by molar-refractivity contribution is 1.22. The number of nitrogen functional groups attached to an aromatic ring is 1. The fraction of sp³-hybridized carbons (Fsp3) is 0.143. The number of nitrogens with one attached hydrogen (secondary N) is 1. The minimum Gasteiger partial charge on any atom is -0.382 e. The van der Waals surface area contributed by atoms with E-state index < -0.39 is 0 Å². The van der Waals surface area contributed by atoms with E-state index in [9.17, 15) is 0 Å². The summed E-state index contributed by atoms with van der Waals surface area (Å²) in [6.07, 6.45) is 0. The summed E-state index contributed by atoms with van der Waals surface area (Å²) in [5.74, 6) is -0.0631. The average molecular weight is 170 g/mol. The molecule has 0 saturated carbocycles. The van der Waals surface area contributed by atoms with Gasteiger partial charge in [-0.25, -0.2) is 4.98 Å². The second kappa shape index (κ2) is 2.88. The van der Waals surface area contributed by atoms with Crippen LogP contribution in [-0.2, 0) is 0 Å². The molecule has 3 N–H and O–H groups in total. The normalized spacial score (nSPS) is 9.64. The zero-order chi connectivity index (χ0) is 8.43. The maximum Gasteiger partial charge on any atom is 0.141 e. The van der Waals surface area contributed by atoms with E-state index in [1.54, 1.807) is 12.1 Å². The van der Waals surface area contributed by atoms with Crippen molar-refractivity contribution >= 4 is 17.4 Å². The van der Waals surface area contributed by atoms with E-state index in [-0.39, 0.29) is 5.84 Å². The molecule has 4 heteroatoms. The molecule has 0 atom stereocenters. The zero-order valence-corrected chi connectivity index (χ0v) is 6.81. The summed E-state index contributed by atoms with van der Waals surface area (Å²) in [6, 6.07) is 3.45. The highest BCUT2D eigenvalue weighted by molar-refractivity contribution is 6.30. The predicted molar refractivity (Wildman–Crippen MR) is 45.0 cm³/mol. The van der Waals surface area contributed by atoms with Crippen LogP contribution in [0.5, 0.6) is 0 Å². The van der Waals surface area contributed by atoms with Gasteiger partial charge in [0.1, 0.15) is 16.7 Å². The number of amidine groups is 1. The van der Waals surface area contributed by atoms with E-state index in [1.807, 2.05) is 6.92 Å². The molecule has 3 nitrogen and oxygen atoms in total. The van der Waals surface area contributed by atoms with Crippen LogP contribution < -0.4 is 5.73 Å². The van der Waals surface area contributed by atoms with Crippen molar-refractivity contribution in [1.29, 1.82) is 5.41 Å². The van der Waals surface area contributed by atoms with Gasteiger partial charge >= 0.3 is 0 Å². The van der Waals surface area contributed by atoms with Crippen molar-refractivity contribution in [3.05, 3.63) is 28.5 Å². The minimum absolute atomic E-state index is 0.0631. The number of halogens is 1. The standard InChI is InChI=1S/C7H8ClN3/c1-4-2-3-5(7(9)10)11-6(4)8/h2-3H,1H3,(H3,9,10). The zero-order valence-electron chi connectivity index (χ0n) is 6.06. The van der Waals surface area contributed by atoms with Gasteiger partial charge in [0, 0.05) is 0 Å². The quantitative estimate of drug-likeness (QED) is 0.379. The van der Waals surface area contributed by atoms with Crippen molar-refractivity contribution in [2.75, 3.05) is 0 Å². The number of pyridine rings is 1. The Morgan fingerprint density at radius 2 is 2.27 bits per heavy atom. The van der Waals surface area contributed by atoms with Crippen LogP contribution in [0.4, 0.5) is 0 Å². The molecule has 11 heavy (non-hydrogen) atoms. The third-order valence-electron chi connectivity index (χ3n) is 1.31. The Balaban J connectivity index is 3.15. The minimum atomic E-state index is -0.0631. The Kier molecular flexibility index (Phi) is 2.10. The summed E-state index contributed by atoms with van der Waals surface area (Å²) < 4.78 is 0. The van der Waals surface area contributed by atoms with Crippen LogP contribution in [-0.4, -0.2) is 10.8 Å². The van der Waals surface area contributed by atoms with Crippen molar-refractivity contribution in [2.24, 2.45) is 5.73 Å². The lowest BCUT2D eigenvalue weighted by Gasteiger charge is -1.99. The Morgan fingerprint density at radius 3 is 2.73 bits per heavy atom. The molecule has 0 aliphatic carbocycles. The second-order valence-corrected chi connectivity index (χ2v) is 2.58. The van der Waals surface area contributed by atoms with Gasteiger partial charge in [-0.15, -0.1) is 0 Å². The molecule has 0 amide bonds. The molecular weight excluding hydrogens is 162 g/mol. The van der Waals surface area contributed by atoms with Crippen molar-refractivity contribution in [1.82, 2.24) is 4.98 Å². The van der Waals surface area contributed by atoms with Crippen molar-refractivity contribution in [2.45, 2.75) is 6.92 Å². The first-order valence-corrected chi connectivity index (χ1v) is 3.46. The van der Waals surface area contributed by atoms with Crippen molar-refractivity contribution in [3.8, 4) is 0 Å². The third-order valence-corrected chi connectivity index (χ3v) is 1.69. The number of nitrogens with two attached hydrogens (primary N) is 1. The first-order valence-electron chi connectivity index (χ1n) is 3.09. The summed E-state index contributed by atoms with van der Waals surface area (Å²) >= 11 is 5.69. The molecule has 58 valence electrons. The Morgan fingerprint density at radius 1 is 1.64 bits per heavy atom. The second-order valence-electron chi connectivity index (χ2n) is 2.22. The molecule has 0 spiro atoms. The van der Waals surface area contributed by atoms with Gasteiger partial charge in [-0.2, -0.15) is 0 Å². The molecule has 0 aliphatic heterocycles. The summed E-state index contributed by atoms with van der Waals surface area (Å²) in [5, 5.41) is 7.46. The molecule has 1 heterocycles. The fourth-order valence-electron chi connectivity index (χ4n) is 0.654. The molecule has 0 saturated heterocycles. The molecule has 0 aliphatic rings. The number of nitrogens with zero attached hydrogens (tertiary/aromatic N) is 1. The van der Waals surface area contributed by atoms with Gasteiger partial charge in [-0.3, -0.25) is 5.41 Å². The Labute approximate surface area is 69.7 Å². The lowest BCUT2D eigenvalue weighted by atomic mass is 10.2. The number of hydrogen-bond donors (Lipinski definition) is 2. The van der Waals surface area contributed by atoms with Gasteiger partial charge in [0.05, 0.1) is 0 Å². The van der Waals surface area contributed by atoms with E-state index in [2.05, 4.69) is 4.98 Å². The van der Waals surface area contributed by atoms with Crippen molar-refractivity contribution in [3.63, 3.8) is 0 Å². The highest BCUT2D eigenvalue weighted by atomic mass is 35.5. The van der Waals surface area contributed by atoms with Crippen molar-refractivity contribution < 1.29 is 0 Å². The first kappa shape index (κ1) is 8.01. The van der Waals surface area contributed by atoms with Crippen LogP contribution in [0.25, 0.3) is 0 Å². The molecule has 0 bridgehead atoms. The molecular formula is C7H8ClN3. The van der Waals surface area contributed by atoms with Crippen LogP contribution in [0.1, 0.15) is 11.3 Å². The maximum atomic E-state index is 7.06. The fourth-order valence-corrected chi connectivity index (χ4v) is 0.808. The number of aryl methyl sites for hydroxylation is 1. The number of rotatable bonds is 1. The maximum absolute atomic E-state index is 7.06. The number of hydrogen-bond acceptors (Lipinski definition) is 2. The van der Waals surface area contributed by atoms with E-state index >= 15 is 0 Å². The molecule has 0 radical (unpaired) electrons. The molecule has 1 aromatic rings. The topological polar surface area (TPSA) is 62.8 Å². The third kappa shape index (κ3) is 1.68. The Hall–Kier alpha value is -1.09. The monoisotopic (exact) mass is 169 g/mol. The highest BCUT2D eigenvalue weighted by Gasteiger charge is 2.00. The molecule has 1 rings (SSSR count). The van der Waals surface area contributed by atoms with Crippen LogP contribution in [0.15, 0.2) is 12.1 Å². The average Bonchev–Trinajstić information content (AvgIpc) is 1.94. The molecule has 0 fully saturated rings. The highest BCUT2D eigenvalue weighted by Crippen LogP contribution is 2.11. The first-order chi connectivity index (χ1) is 5.11. The van der Waals surface area contributed by atoms with Crippen LogP contribution in [0.3, 0.4) is 0 Å². The van der Waals surface area contributed by atoms with Gasteiger partial charge in [0.2, 0.25) is 0 Å². The van der Waals surface area contributed by atoms with E-state index in [4.69, 9.17) is 22.7 Å². The van der Waals surface area contributed by atoms with Crippen LogP contribution >= 0.6 is 11.6 Å².